The van der Waals surface area contributed by atoms with E-state index in [1.54, 1.807) is 11.3 Å². The number of hydrogen-bond acceptors (Lipinski definition) is 3. The topological polar surface area (TPSA) is 55.1 Å². The molecule has 0 aliphatic heterocycles. The fourth-order valence-corrected chi connectivity index (χ4v) is 2.22. The van der Waals surface area contributed by atoms with Crippen LogP contribution in [0.4, 0.5) is 0 Å². The number of nitrogens with two attached hydrogens (primary N) is 1. The van der Waals surface area contributed by atoms with Crippen LogP contribution in [0, 0.1) is 0 Å². The summed E-state index contributed by atoms with van der Waals surface area (Å²) in [5.41, 5.74) is 5.80. The first-order valence-corrected chi connectivity index (χ1v) is 6.62. The Morgan fingerprint density at radius 3 is 2.94 bits per heavy atom. The van der Waals surface area contributed by atoms with Crippen molar-refractivity contribution in [2.75, 3.05) is 0 Å². The maximum absolute atomic E-state index is 11.7. The Morgan fingerprint density at radius 1 is 1.62 bits per heavy atom. The summed E-state index contributed by atoms with van der Waals surface area (Å²) in [5, 5.41) is 4.95. The lowest BCUT2D eigenvalue weighted by atomic mass is 10.1. The molecular formula is C12H20N2OS. The highest BCUT2D eigenvalue weighted by molar-refractivity contribution is 7.10. The van der Waals surface area contributed by atoms with Crippen molar-refractivity contribution in [3.8, 4) is 0 Å². The van der Waals surface area contributed by atoms with E-state index in [0.29, 0.717) is 0 Å². The summed E-state index contributed by atoms with van der Waals surface area (Å²) in [4.78, 5) is 12.9. The summed E-state index contributed by atoms with van der Waals surface area (Å²) in [6.07, 6.45) is 2.84. The second-order valence-electron chi connectivity index (χ2n) is 3.99. The maximum Gasteiger partial charge on any atom is 0.237 e. The molecule has 1 heterocycles. The molecule has 0 bridgehead atoms. The van der Waals surface area contributed by atoms with E-state index in [-0.39, 0.29) is 18.0 Å². The van der Waals surface area contributed by atoms with Crippen molar-refractivity contribution in [3.63, 3.8) is 0 Å². The van der Waals surface area contributed by atoms with E-state index in [9.17, 15) is 4.79 Å². The minimum absolute atomic E-state index is 0.0469. The number of thiophene rings is 1. The summed E-state index contributed by atoms with van der Waals surface area (Å²) in [6.45, 7) is 4.08. The molecule has 4 heteroatoms. The third kappa shape index (κ3) is 3.94. The van der Waals surface area contributed by atoms with Gasteiger partial charge in [-0.2, -0.15) is 0 Å². The molecule has 0 saturated carbocycles. The predicted molar refractivity (Wildman–Crippen MR) is 68.4 cm³/mol. The molecule has 0 aromatic carbocycles. The second-order valence-corrected chi connectivity index (χ2v) is 4.97. The summed E-state index contributed by atoms with van der Waals surface area (Å²) < 4.78 is 0. The number of carbonyl (C=O) groups excluding carboxylic acids is 1. The number of hydrogen-bond donors (Lipinski definition) is 2. The minimum Gasteiger partial charge on any atom is -0.347 e. The molecule has 0 saturated heterocycles. The van der Waals surface area contributed by atoms with Gasteiger partial charge < -0.3 is 11.1 Å². The van der Waals surface area contributed by atoms with Gasteiger partial charge in [0.1, 0.15) is 0 Å². The van der Waals surface area contributed by atoms with E-state index in [2.05, 4.69) is 12.2 Å². The first-order chi connectivity index (χ1) is 7.65. The fourth-order valence-electron chi connectivity index (χ4n) is 1.48. The Labute approximate surface area is 101 Å². The molecule has 1 aromatic heterocycles. The Morgan fingerprint density at radius 2 is 2.38 bits per heavy atom. The van der Waals surface area contributed by atoms with Crippen LogP contribution in [0.25, 0.3) is 0 Å². The Balaban J connectivity index is 2.39. The van der Waals surface area contributed by atoms with Gasteiger partial charge in [0, 0.05) is 4.88 Å². The van der Waals surface area contributed by atoms with Gasteiger partial charge in [-0.25, -0.2) is 0 Å². The average molecular weight is 240 g/mol. The van der Waals surface area contributed by atoms with E-state index in [1.807, 2.05) is 24.4 Å². The summed E-state index contributed by atoms with van der Waals surface area (Å²) >= 11 is 1.65. The van der Waals surface area contributed by atoms with Crippen LogP contribution in [0.5, 0.6) is 0 Å². The normalized spacial score (nSPS) is 14.4. The molecule has 3 nitrogen and oxygen atoms in total. The van der Waals surface area contributed by atoms with Crippen molar-refractivity contribution >= 4 is 17.2 Å². The van der Waals surface area contributed by atoms with E-state index >= 15 is 0 Å². The van der Waals surface area contributed by atoms with E-state index in [4.69, 9.17) is 5.73 Å². The molecule has 0 unspecified atom stereocenters. The molecule has 3 N–H and O–H groups in total. The highest BCUT2D eigenvalue weighted by atomic mass is 32.1. The number of unbranched alkanes of at least 4 members (excludes halogenated alkanes) is 1. The number of rotatable bonds is 6. The fraction of sp³-hybridized carbons (Fsp3) is 0.583. The zero-order valence-corrected chi connectivity index (χ0v) is 10.7. The van der Waals surface area contributed by atoms with Crippen molar-refractivity contribution in [1.29, 1.82) is 0 Å². The molecule has 0 spiro atoms. The first kappa shape index (κ1) is 13.2. The standard InChI is InChI=1S/C12H20N2OS/c1-3-4-6-10(13)12(15)14-9(2)11-7-5-8-16-11/h5,7-10H,3-4,6,13H2,1-2H3,(H,14,15)/t9-,10+/m1/s1. The van der Waals surface area contributed by atoms with E-state index < -0.39 is 0 Å². The Hall–Kier alpha value is -0.870. The molecule has 0 aliphatic carbocycles. The molecule has 1 amide bonds. The quantitative estimate of drug-likeness (QED) is 0.802. The minimum atomic E-state index is -0.373. The lowest BCUT2D eigenvalue weighted by Crippen LogP contribution is -2.41. The zero-order chi connectivity index (χ0) is 12.0. The average Bonchev–Trinajstić information content (AvgIpc) is 2.79. The van der Waals surface area contributed by atoms with Gasteiger partial charge in [-0.15, -0.1) is 11.3 Å². The lowest BCUT2D eigenvalue weighted by molar-refractivity contribution is -0.123. The predicted octanol–water partition coefficient (Wildman–Crippen LogP) is 2.44. The lowest BCUT2D eigenvalue weighted by Gasteiger charge is -2.16. The first-order valence-electron chi connectivity index (χ1n) is 5.74. The number of amides is 1. The molecule has 1 rings (SSSR count). The van der Waals surface area contributed by atoms with Gasteiger partial charge in [0.25, 0.3) is 0 Å². The van der Waals surface area contributed by atoms with Crippen molar-refractivity contribution in [2.24, 2.45) is 5.73 Å². The van der Waals surface area contributed by atoms with Crippen LogP contribution in [0.1, 0.15) is 44.0 Å². The molecular weight excluding hydrogens is 220 g/mol. The Bertz CT molecular complexity index is 311. The molecule has 2 atom stereocenters. The van der Waals surface area contributed by atoms with Crippen LogP contribution in [-0.2, 0) is 4.79 Å². The van der Waals surface area contributed by atoms with Crippen LogP contribution in [0.15, 0.2) is 17.5 Å². The van der Waals surface area contributed by atoms with Gasteiger partial charge in [-0.1, -0.05) is 25.8 Å². The van der Waals surface area contributed by atoms with Crippen LogP contribution < -0.4 is 11.1 Å². The molecule has 16 heavy (non-hydrogen) atoms. The maximum atomic E-state index is 11.7. The third-order valence-corrected chi connectivity index (χ3v) is 3.59. The van der Waals surface area contributed by atoms with Crippen LogP contribution in [-0.4, -0.2) is 11.9 Å². The summed E-state index contributed by atoms with van der Waals surface area (Å²) in [6, 6.07) is 3.69. The SMILES string of the molecule is CCCC[C@H](N)C(=O)N[C@H](C)c1cccs1. The summed E-state index contributed by atoms with van der Waals surface area (Å²) in [5.74, 6) is -0.0469. The largest absolute Gasteiger partial charge is 0.347 e. The van der Waals surface area contributed by atoms with Gasteiger partial charge in [0.05, 0.1) is 12.1 Å². The Kier molecular flexibility index (Phi) is 5.49. The highest BCUT2D eigenvalue weighted by Crippen LogP contribution is 2.18. The van der Waals surface area contributed by atoms with Crippen molar-refractivity contribution in [1.82, 2.24) is 5.32 Å². The zero-order valence-electron chi connectivity index (χ0n) is 9.90. The highest BCUT2D eigenvalue weighted by Gasteiger charge is 2.16. The van der Waals surface area contributed by atoms with Crippen molar-refractivity contribution in [3.05, 3.63) is 22.4 Å². The summed E-state index contributed by atoms with van der Waals surface area (Å²) in [7, 11) is 0. The molecule has 0 aliphatic rings. The number of carbonyl (C=O) groups is 1. The molecule has 90 valence electrons. The molecule has 0 radical (unpaired) electrons. The van der Waals surface area contributed by atoms with Gasteiger partial charge in [-0.3, -0.25) is 4.79 Å². The van der Waals surface area contributed by atoms with E-state index in [1.165, 1.54) is 0 Å². The number of nitrogens with one attached hydrogen (secondary N) is 1. The van der Waals surface area contributed by atoms with Gasteiger partial charge in [-0.05, 0) is 24.8 Å². The van der Waals surface area contributed by atoms with Gasteiger partial charge >= 0.3 is 0 Å². The van der Waals surface area contributed by atoms with Crippen LogP contribution in [0.3, 0.4) is 0 Å². The smallest absolute Gasteiger partial charge is 0.237 e. The molecule has 1 aromatic rings. The van der Waals surface area contributed by atoms with Crippen molar-refractivity contribution in [2.45, 2.75) is 45.2 Å². The van der Waals surface area contributed by atoms with Gasteiger partial charge in [0.2, 0.25) is 5.91 Å². The van der Waals surface area contributed by atoms with Crippen molar-refractivity contribution < 1.29 is 4.79 Å². The molecule has 0 fully saturated rings. The third-order valence-electron chi connectivity index (χ3n) is 2.53. The van der Waals surface area contributed by atoms with Crippen LogP contribution in [0.2, 0.25) is 0 Å². The van der Waals surface area contributed by atoms with Gasteiger partial charge in [0.15, 0.2) is 0 Å². The van der Waals surface area contributed by atoms with E-state index in [0.717, 1.165) is 24.1 Å². The second kappa shape index (κ2) is 6.66. The van der Waals surface area contributed by atoms with Crippen LogP contribution >= 0.6 is 11.3 Å². The monoisotopic (exact) mass is 240 g/mol.